The molecule has 0 aliphatic rings. The van der Waals surface area contributed by atoms with Crippen molar-refractivity contribution < 1.29 is 24.3 Å². The summed E-state index contributed by atoms with van der Waals surface area (Å²) in [5, 5.41) is 15.5. The summed E-state index contributed by atoms with van der Waals surface area (Å²) in [5.74, 6) is -2.95. The summed E-state index contributed by atoms with van der Waals surface area (Å²) in [6.07, 6.45) is 2.95. The van der Waals surface area contributed by atoms with Crippen molar-refractivity contribution in [2.45, 2.75) is 18.5 Å². The van der Waals surface area contributed by atoms with Gasteiger partial charge in [0.15, 0.2) is 0 Å². The fourth-order valence-corrected chi connectivity index (χ4v) is 1.90. The van der Waals surface area contributed by atoms with E-state index in [0.717, 1.165) is 0 Å². The number of thiol groups is 1. The summed E-state index contributed by atoms with van der Waals surface area (Å²) in [5.41, 5.74) is 6.03. The molecule has 25 heavy (non-hydrogen) atoms. The molecule has 0 spiro atoms. The molecule has 3 amide bonds. The molecule has 0 saturated carbocycles. The van der Waals surface area contributed by atoms with Gasteiger partial charge in [-0.05, 0) is 0 Å². The molecule has 1 rings (SSSR count). The maximum absolute atomic E-state index is 12.1. The SMILES string of the molecule is NC(CS)C(=O)NCC(=O)NC(Cc1cnc[nH]1)C(=O)NCC(=O)O. The Morgan fingerprint density at radius 3 is 2.48 bits per heavy atom. The highest BCUT2D eigenvalue weighted by atomic mass is 32.1. The van der Waals surface area contributed by atoms with Crippen molar-refractivity contribution in [1.82, 2.24) is 25.9 Å². The number of carboxylic acids is 1. The summed E-state index contributed by atoms with van der Waals surface area (Å²) in [7, 11) is 0. The van der Waals surface area contributed by atoms with Gasteiger partial charge in [-0.15, -0.1) is 0 Å². The molecule has 1 aromatic heterocycles. The summed E-state index contributed by atoms with van der Waals surface area (Å²) < 4.78 is 0. The quantitative estimate of drug-likeness (QED) is 0.214. The standard InChI is InChI=1S/C13H20N6O5S/c14-8(5-25)12(23)16-3-10(20)19-9(1-7-2-15-6-18-7)13(24)17-4-11(21)22/h2,6,8-9,25H,1,3-5,14H2,(H,15,18)(H,16,23)(H,17,24)(H,19,20)(H,21,22). The molecule has 1 heterocycles. The van der Waals surface area contributed by atoms with Gasteiger partial charge in [0.05, 0.1) is 18.9 Å². The lowest BCUT2D eigenvalue weighted by Gasteiger charge is -2.18. The third-order valence-electron chi connectivity index (χ3n) is 3.00. The predicted octanol–water partition coefficient (Wildman–Crippen LogP) is -2.99. The third-order valence-corrected chi connectivity index (χ3v) is 3.39. The largest absolute Gasteiger partial charge is 0.480 e. The second-order valence-electron chi connectivity index (χ2n) is 5.02. The van der Waals surface area contributed by atoms with Gasteiger partial charge >= 0.3 is 5.97 Å². The number of carbonyl (C=O) groups is 4. The fourth-order valence-electron chi connectivity index (χ4n) is 1.74. The average Bonchev–Trinajstić information content (AvgIpc) is 3.09. The molecule has 138 valence electrons. The van der Waals surface area contributed by atoms with Crippen LogP contribution in [0.2, 0.25) is 0 Å². The number of hydrogen-bond donors (Lipinski definition) is 7. The van der Waals surface area contributed by atoms with Gasteiger partial charge in [-0.1, -0.05) is 0 Å². The number of hydrogen-bond acceptors (Lipinski definition) is 7. The van der Waals surface area contributed by atoms with Crippen LogP contribution in [0.25, 0.3) is 0 Å². The van der Waals surface area contributed by atoms with Crippen LogP contribution in [0, 0.1) is 0 Å². The van der Waals surface area contributed by atoms with Crippen LogP contribution in [0.1, 0.15) is 5.69 Å². The zero-order valence-corrected chi connectivity index (χ0v) is 14.1. The smallest absolute Gasteiger partial charge is 0.322 e. The van der Waals surface area contributed by atoms with Gasteiger partial charge in [0.1, 0.15) is 12.6 Å². The second-order valence-corrected chi connectivity index (χ2v) is 5.38. The number of aromatic nitrogens is 2. The van der Waals surface area contributed by atoms with E-state index in [1.165, 1.54) is 12.5 Å². The van der Waals surface area contributed by atoms with Crippen molar-refractivity contribution in [2.75, 3.05) is 18.8 Å². The average molecular weight is 372 g/mol. The van der Waals surface area contributed by atoms with E-state index in [2.05, 4.69) is 38.5 Å². The van der Waals surface area contributed by atoms with Crippen molar-refractivity contribution in [1.29, 1.82) is 0 Å². The van der Waals surface area contributed by atoms with E-state index in [4.69, 9.17) is 10.8 Å². The number of rotatable bonds is 10. The van der Waals surface area contributed by atoms with Crippen LogP contribution in [-0.2, 0) is 25.6 Å². The first-order valence-electron chi connectivity index (χ1n) is 7.23. The lowest BCUT2D eigenvalue weighted by Crippen LogP contribution is -2.52. The molecule has 0 aliphatic heterocycles. The highest BCUT2D eigenvalue weighted by Crippen LogP contribution is 1.99. The summed E-state index contributed by atoms with van der Waals surface area (Å²) in [4.78, 5) is 52.6. The van der Waals surface area contributed by atoms with E-state index >= 15 is 0 Å². The zero-order valence-electron chi connectivity index (χ0n) is 13.2. The number of carboxylic acid groups (broad SMARTS) is 1. The first kappa shape index (κ1) is 20.4. The fraction of sp³-hybridized carbons (Fsp3) is 0.462. The normalized spacial score (nSPS) is 12.7. The monoisotopic (exact) mass is 372 g/mol. The Kier molecular flexibility index (Phi) is 8.43. The number of H-pyrrole nitrogens is 1. The summed E-state index contributed by atoms with van der Waals surface area (Å²) in [6.45, 7) is -0.965. The van der Waals surface area contributed by atoms with Gasteiger partial charge in [0, 0.05) is 24.1 Å². The molecule has 1 aromatic rings. The Labute approximate surface area is 148 Å². The summed E-state index contributed by atoms with van der Waals surface area (Å²) in [6, 6.07) is -1.89. The minimum atomic E-state index is -1.21. The molecule has 11 nitrogen and oxygen atoms in total. The molecular formula is C13H20N6O5S. The predicted molar refractivity (Wildman–Crippen MR) is 89.7 cm³/mol. The zero-order chi connectivity index (χ0) is 18.8. The Hall–Kier alpha value is -2.60. The number of aromatic amines is 1. The Balaban J connectivity index is 2.62. The van der Waals surface area contributed by atoms with Crippen LogP contribution >= 0.6 is 12.6 Å². The molecule has 0 aliphatic carbocycles. The molecule has 0 fully saturated rings. The van der Waals surface area contributed by atoms with Gasteiger partial charge in [-0.2, -0.15) is 12.6 Å². The van der Waals surface area contributed by atoms with E-state index in [1.54, 1.807) is 0 Å². The summed E-state index contributed by atoms with van der Waals surface area (Å²) >= 11 is 3.87. The highest BCUT2D eigenvalue weighted by Gasteiger charge is 2.23. The molecule has 0 bridgehead atoms. The number of nitrogens with zero attached hydrogens (tertiary/aromatic N) is 1. The maximum atomic E-state index is 12.1. The molecule has 7 N–H and O–H groups in total. The van der Waals surface area contributed by atoms with Crippen LogP contribution in [0.5, 0.6) is 0 Å². The molecule has 0 aromatic carbocycles. The Bertz CT molecular complexity index is 608. The van der Waals surface area contributed by atoms with Crippen LogP contribution in [-0.4, -0.2) is 69.7 Å². The second kappa shape index (κ2) is 10.3. The van der Waals surface area contributed by atoms with Gasteiger partial charge < -0.3 is 31.8 Å². The lowest BCUT2D eigenvalue weighted by atomic mass is 10.1. The molecule has 0 radical (unpaired) electrons. The molecule has 2 atom stereocenters. The van der Waals surface area contributed by atoms with Crippen molar-refractivity contribution in [3.63, 3.8) is 0 Å². The van der Waals surface area contributed by atoms with Crippen LogP contribution < -0.4 is 21.7 Å². The van der Waals surface area contributed by atoms with Gasteiger partial charge in [0.25, 0.3) is 0 Å². The molecular weight excluding hydrogens is 352 g/mol. The Morgan fingerprint density at radius 2 is 1.92 bits per heavy atom. The topological polar surface area (TPSA) is 179 Å². The third kappa shape index (κ3) is 7.67. The number of carbonyl (C=O) groups excluding carboxylic acids is 3. The highest BCUT2D eigenvalue weighted by molar-refractivity contribution is 7.80. The van der Waals surface area contributed by atoms with E-state index in [-0.39, 0.29) is 18.7 Å². The number of nitrogens with one attached hydrogen (secondary N) is 4. The van der Waals surface area contributed by atoms with E-state index in [1.807, 2.05) is 0 Å². The van der Waals surface area contributed by atoms with E-state index in [0.29, 0.717) is 5.69 Å². The Morgan fingerprint density at radius 1 is 1.24 bits per heavy atom. The molecule has 0 saturated heterocycles. The number of imidazole rings is 1. The minimum Gasteiger partial charge on any atom is -0.480 e. The molecule has 2 unspecified atom stereocenters. The van der Waals surface area contributed by atoms with Crippen LogP contribution in [0.3, 0.4) is 0 Å². The van der Waals surface area contributed by atoms with E-state index in [9.17, 15) is 19.2 Å². The van der Waals surface area contributed by atoms with Crippen molar-refractivity contribution in [2.24, 2.45) is 5.73 Å². The molecule has 12 heteroatoms. The van der Waals surface area contributed by atoms with Gasteiger partial charge in [-0.25, -0.2) is 4.98 Å². The van der Waals surface area contributed by atoms with Crippen LogP contribution in [0.4, 0.5) is 0 Å². The van der Waals surface area contributed by atoms with Crippen molar-refractivity contribution >= 4 is 36.3 Å². The maximum Gasteiger partial charge on any atom is 0.322 e. The van der Waals surface area contributed by atoms with Gasteiger partial charge in [0.2, 0.25) is 17.7 Å². The van der Waals surface area contributed by atoms with Crippen LogP contribution in [0.15, 0.2) is 12.5 Å². The van der Waals surface area contributed by atoms with Gasteiger partial charge in [-0.3, -0.25) is 19.2 Å². The van der Waals surface area contributed by atoms with Crippen molar-refractivity contribution in [3.8, 4) is 0 Å². The first-order chi connectivity index (χ1) is 11.8. The minimum absolute atomic E-state index is 0.0707. The number of amides is 3. The van der Waals surface area contributed by atoms with Crippen molar-refractivity contribution in [3.05, 3.63) is 18.2 Å². The number of nitrogens with two attached hydrogens (primary N) is 1. The lowest BCUT2D eigenvalue weighted by molar-refractivity contribution is -0.138. The van der Waals surface area contributed by atoms with E-state index < -0.39 is 42.3 Å². The number of aliphatic carboxylic acids is 1. The first-order valence-corrected chi connectivity index (χ1v) is 7.87.